The smallest absolute Gasteiger partial charge is 0.229 e. The monoisotopic (exact) mass is 328 g/mol. The van der Waals surface area contributed by atoms with Gasteiger partial charge in [-0.3, -0.25) is 4.79 Å². The lowest BCUT2D eigenvalue weighted by atomic mass is 10.1. The molecule has 5 nitrogen and oxygen atoms in total. The number of piperazine rings is 1. The molecule has 1 fully saturated rings. The third-order valence-corrected chi connectivity index (χ3v) is 4.16. The van der Waals surface area contributed by atoms with Gasteiger partial charge in [-0.25, -0.2) is 9.37 Å². The summed E-state index contributed by atoms with van der Waals surface area (Å²) in [5.41, 5.74) is 1.84. The van der Waals surface area contributed by atoms with Crippen LogP contribution in [0.25, 0.3) is 0 Å². The number of aromatic nitrogens is 1. The van der Waals surface area contributed by atoms with Gasteiger partial charge in [-0.15, -0.1) is 0 Å². The Morgan fingerprint density at radius 3 is 2.46 bits per heavy atom. The van der Waals surface area contributed by atoms with E-state index in [9.17, 15) is 9.18 Å². The van der Waals surface area contributed by atoms with E-state index in [4.69, 9.17) is 0 Å². The van der Waals surface area contributed by atoms with Crippen molar-refractivity contribution in [3.63, 3.8) is 0 Å². The van der Waals surface area contributed by atoms with Gasteiger partial charge >= 0.3 is 0 Å². The second-order valence-electron chi connectivity index (χ2n) is 6.04. The predicted octanol–water partition coefficient (Wildman–Crippen LogP) is 2.15. The van der Waals surface area contributed by atoms with Crippen molar-refractivity contribution < 1.29 is 9.18 Å². The summed E-state index contributed by atoms with van der Waals surface area (Å²) in [6, 6.07) is 9.72. The number of halogens is 1. The molecule has 6 heteroatoms. The number of rotatable bonds is 4. The lowest BCUT2D eigenvalue weighted by Crippen LogP contribution is -2.44. The first-order valence-corrected chi connectivity index (χ1v) is 8.04. The number of carbonyl (C=O) groups is 1. The Balaban J connectivity index is 1.55. The average Bonchev–Trinajstić information content (AvgIpc) is 2.58. The zero-order chi connectivity index (χ0) is 16.9. The molecule has 0 atom stereocenters. The van der Waals surface area contributed by atoms with Crippen LogP contribution in [0.2, 0.25) is 0 Å². The standard InChI is InChI=1S/C18H21FN4O/c1-22-8-10-23(11-9-22)16-6-7-17(20-13-16)21-18(24)12-14-2-4-15(19)5-3-14/h2-7,13H,8-12H2,1H3,(H,20,21,24). The van der Waals surface area contributed by atoms with Crippen LogP contribution in [0.5, 0.6) is 0 Å². The van der Waals surface area contributed by atoms with Crippen molar-refractivity contribution in [3.8, 4) is 0 Å². The second-order valence-corrected chi connectivity index (χ2v) is 6.04. The van der Waals surface area contributed by atoms with Gasteiger partial charge in [0.15, 0.2) is 0 Å². The fraction of sp³-hybridized carbons (Fsp3) is 0.333. The van der Waals surface area contributed by atoms with Crippen LogP contribution >= 0.6 is 0 Å². The molecule has 1 aromatic heterocycles. The number of likely N-dealkylation sites (N-methyl/N-ethyl adjacent to an activating group) is 1. The molecule has 126 valence electrons. The summed E-state index contributed by atoms with van der Waals surface area (Å²) in [5, 5.41) is 2.77. The molecule has 1 saturated heterocycles. The molecule has 1 aliphatic rings. The van der Waals surface area contributed by atoms with Crippen LogP contribution in [-0.2, 0) is 11.2 Å². The summed E-state index contributed by atoms with van der Waals surface area (Å²) >= 11 is 0. The number of pyridine rings is 1. The molecule has 0 saturated carbocycles. The normalized spacial score (nSPS) is 15.3. The molecule has 24 heavy (non-hydrogen) atoms. The van der Waals surface area contributed by atoms with E-state index in [1.165, 1.54) is 12.1 Å². The maximum absolute atomic E-state index is 12.9. The number of benzene rings is 1. The highest BCUT2D eigenvalue weighted by Gasteiger charge is 2.14. The second kappa shape index (κ2) is 7.40. The van der Waals surface area contributed by atoms with E-state index in [1.54, 1.807) is 18.3 Å². The van der Waals surface area contributed by atoms with E-state index in [0.29, 0.717) is 5.82 Å². The van der Waals surface area contributed by atoms with Crippen LogP contribution < -0.4 is 10.2 Å². The van der Waals surface area contributed by atoms with Crippen molar-refractivity contribution in [1.82, 2.24) is 9.88 Å². The zero-order valence-corrected chi connectivity index (χ0v) is 13.7. The largest absolute Gasteiger partial charge is 0.368 e. The summed E-state index contributed by atoms with van der Waals surface area (Å²) in [6.07, 6.45) is 1.99. The summed E-state index contributed by atoms with van der Waals surface area (Å²) in [4.78, 5) is 20.9. The zero-order valence-electron chi connectivity index (χ0n) is 13.7. The minimum absolute atomic E-state index is 0.165. The molecule has 1 aliphatic heterocycles. The summed E-state index contributed by atoms with van der Waals surface area (Å²) in [7, 11) is 2.12. The summed E-state index contributed by atoms with van der Waals surface area (Å²) < 4.78 is 12.9. The van der Waals surface area contributed by atoms with Gasteiger partial charge in [0.05, 0.1) is 18.3 Å². The van der Waals surface area contributed by atoms with Crippen molar-refractivity contribution in [2.24, 2.45) is 0 Å². The molecule has 1 N–H and O–H groups in total. The van der Waals surface area contributed by atoms with Gasteiger partial charge in [-0.05, 0) is 36.9 Å². The Morgan fingerprint density at radius 2 is 1.83 bits per heavy atom. The van der Waals surface area contributed by atoms with E-state index in [-0.39, 0.29) is 18.1 Å². The van der Waals surface area contributed by atoms with Crippen molar-refractivity contribution in [2.75, 3.05) is 43.4 Å². The van der Waals surface area contributed by atoms with Gasteiger partial charge in [0.2, 0.25) is 5.91 Å². The molecular weight excluding hydrogens is 307 g/mol. The van der Waals surface area contributed by atoms with Crippen LogP contribution in [0.4, 0.5) is 15.9 Å². The minimum Gasteiger partial charge on any atom is -0.368 e. The van der Waals surface area contributed by atoms with Crippen molar-refractivity contribution in [3.05, 3.63) is 54.0 Å². The highest BCUT2D eigenvalue weighted by atomic mass is 19.1. The van der Waals surface area contributed by atoms with Crippen LogP contribution in [0.3, 0.4) is 0 Å². The van der Waals surface area contributed by atoms with Crippen molar-refractivity contribution >= 4 is 17.4 Å². The quantitative estimate of drug-likeness (QED) is 0.934. The number of hydrogen-bond donors (Lipinski definition) is 1. The molecule has 2 heterocycles. The van der Waals surface area contributed by atoms with E-state index in [1.807, 2.05) is 12.1 Å². The van der Waals surface area contributed by atoms with E-state index in [2.05, 4.69) is 27.1 Å². The van der Waals surface area contributed by atoms with Crippen LogP contribution in [-0.4, -0.2) is 49.0 Å². The van der Waals surface area contributed by atoms with Crippen LogP contribution in [0.1, 0.15) is 5.56 Å². The Labute approximate surface area is 141 Å². The fourth-order valence-electron chi connectivity index (χ4n) is 2.69. The van der Waals surface area contributed by atoms with Gasteiger partial charge in [-0.1, -0.05) is 12.1 Å². The molecule has 2 aromatic rings. The molecule has 0 aliphatic carbocycles. The maximum atomic E-state index is 12.9. The highest BCUT2D eigenvalue weighted by molar-refractivity contribution is 5.91. The maximum Gasteiger partial charge on any atom is 0.229 e. The average molecular weight is 328 g/mol. The van der Waals surface area contributed by atoms with Gasteiger partial charge in [0.1, 0.15) is 11.6 Å². The van der Waals surface area contributed by atoms with Gasteiger partial charge in [-0.2, -0.15) is 0 Å². The molecule has 1 aromatic carbocycles. The van der Waals surface area contributed by atoms with Gasteiger partial charge < -0.3 is 15.1 Å². The Morgan fingerprint density at radius 1 is 1.12 bits per heavy atom. The lowest BCUT2D eigenvalue weighted by Gasteiger charge is -2.33. The minimum atomic E-state index is -0.305. The first-order valence-electron chi connectivity index (χ1n) is 8.04. The van der Waals surface area contributed by atoms with E-state index < -0.39 is 0 Å². The SMILES string of the molecule is CN1CCN(c2ccc(NC(=O)Cc3ccc(F)cc3)nc2)CC1. The molecule has 3 rings (SSSR count). The fourth-order valence-corrected chi connectivity index (χ4v) is 2.69. The number of carbonyl (C=O) groups excluding carboxylic acids is 1. The number of anilines is 2. The highest BCUT2D eigenvalue weighted by Crippen LogP contribution is 2.17. The topological polar surface area (TPSA) is 48.5 Å². The number of hydrogen-bond acceptors (Lipinski definition) is 4. The Hall–Kier alpha value is -2.47. The van der Waals surface area contributed by atoms with Crippen LogP contribution in [0.15, 0.2) is 42.6 Å². The third-order valence-electron chi connectivity index (χ3n) is 4.16. The molecule has 0 spiro atoms. The molecular formula is C18H21FN4O. The number of nitrogens with one attached hydrogen (secondary N) is 1. The third kappa shape index (κ3) is 4.29. The summed E-state index contributed by atoms with van der Waals surface area (Å²) in [5.74, 6) is 0.0572. The molecule has 0 bridgehead atoms. The van der Waals surface area contributed by atoms with Crippen molar-refractivity contribution in [1.29, 1.82) is 0 Å². The molecule has 1 amide bonds. The first-order chi connectivity index (χ1) is 11.6. The van der Waals surface area contributed by atoms with Crippen molar-refractivity contribution in [2.45, 2.75) is 6.42 Å². The Bertz CT molecular complexity index is 679. The Kier molecular flexibility index (Phi) is 5.05. The lowest BCUT2D eigenvalue weighted by molar-refractivity contribution is -0.115. The predicted molar refractivity (Wildman–Crippen MR) is 92.7 cm³/mol. The molecule has 0 unspecified atom stereocenters. The van der Waals surface area contributed by atoms with Gasteiger partial charge in [0, 0.05) is 26.2 Å². The summed E-state index contributed by atoms with van der Waals surface area (Å²) in [6.45, 7) is 4.04. The van der Waals surface area contributed by atoms with Gasteiger partial charge in [0.25, 0.3) is 0 Å². The van der Waals surface area contributed by atoms with E-state index >= 15 is 0 Å². The van der Waals surface area contributed by atoms with E-state index in [0.717, 1.165) is 37.4 Å². The number of amides is 1. The number of nitrogens with zero attached hydrogens (tertiary/aromatic N) is 3. The first kappa shape index (κ1) is 16.4. The molecule has 0 radical (unpaired) electrons. The van der Waals surface area contributed by atoms with Crippen LogP contribution in [0, 0.1) is 5.82 Å².